The van der Waals surface area contributed by atoms with Crippen molar-refractivity contribution in [3.8, 4) is 0 Å². The number of nitrogens with zero attached hydrogens (tertiary/aromatic N) is 1. The standard InChI is InChI=1S/C6H4FN/c1-5-2-3-8-4-6(5)7/h1-4H. The summed E-state index contributed by atoms with van der Waals surface area (Å²) in [6.45, 7) is 5.10. The number of hydrogen-bond acceptors (Lipinski definition) is 1. The van der Waals surface area contributed by atoms with E-state index in [1.54, 1.807) is 0 Å². The molecule has 1 aromatic heterocycles. The summed E-state index contributed by atoms with van der Waals surface area (Å²) in [5, 5.41) is 0. The molecule has 1 rings (SSSR count). The average molecular weight is 109 g/mol. The van der Waals surface area contributed by atoms with Crippen LogP contribution in [0.3, 0.4) is 0 Å². The third-order valence-corrected chi connectivity index (χ3v) is 0.804. The number of aromatic nitrogens is 1. The molecule has 0 aliphatic heterocycles. The van der Waals surface area contributed by atoms with Gasteiger partial charge in [-0.25, -0.2) is 4.39 Å². The average Bonchev–Trinajstić information content (AvgIpc) is 1.77. The highest BCUT2D eigenvalue weighted by Crippen LogP contribution is 1.99. The molecule has 1 heterocycles. The highest BCUT2D eigenvalue weighted by atomic mass is 19.1. The Morgan fingerprint density at radius 2 is 2.38 bits per heavy atom. The monoisotopic (exact) mass is 109 g/mol. The molecule has 0 fully saturated rings. The smallest absolute Gasteiger partial charge is 0.144 e. The second-order valence-electron chi connectivity index (χ2n) is 1.40. The maximum atomic E-state index is 12.1. The van der Waals surface area contributed by atoms with Crippen LogP contribution >= 0.6 is 0 Å². The van der Waals surface area contributed by atoms with Crippen LogP contribution in [0.15, 0.2) is 18.5 Å². The van der Waals surface area contributed by atoms with Gasteiger partial charge in [-0.15, -0.1) is 0 Å². The molecule has 0 aromatic carbocycles. The van der Waals surface area contributed by atoms with Crippen LogP contribution in [-0.4, -0.2) is 4.98 Å². The van der Waals surface area contributed by atoms with E-state index < -0.39 is 5.82 Å². The molecule has 1 nitrogen and oxygen atoms in total. The molecule has 0 saturated carbocycles. The van der Waals surface area contributed by atoms with Crippen molar-refractivity contribution < 1.29 is 4.39 Å². The summed E-state index contributed by atoms with van der Waals surface area (Å²) in [6.07, 6.45) is 2.52. The topological polar surface area (TPSA) is 12.9 Å². The van der Waals surface area contributed by atoms with E-state index in [2.05, 4.69) is 4.98 Å². The Morgan fingerprint density at radius 3 is 2.75 bits per heavy atom. The number of rotatable bonds is 0. The van der Waals surface area contributed by atoms with Gasteiger partial charge in [-0.3, -0.25) is 4.98 Å². The van der Waals surface area contributed by atoms with Gasteiger partial charge in [0.2, 0.25) is 0 Å². The minimum Gasteiger partial charge on any atom is -0.262 e. The van der Waals surface area contributed by atoms with Gasteiger partial charge in [0.25, 0.3) is 0 Å². The van der Waals surface area contributed by atoms with Gasteiger partial charge < -0.3 is 0 Å². The van der Waals surface area contributed by atoms with Gasteiger partial charge in [-0.2, -0.15) is 0 Å². The van der Waals surface area contributed by atoms with E-state index in [4.69, 9.17) is 6.92 Å². The molecular weight excluding hydrogens is 105 g/mol. The Labute approximate surface area is 47.2 Å². The zero-order valence-electron chi connectivity index (χ0n) is 4.13. The summed E-state index contributed by atoms with van der Waals surface area (Å²) in [7, 11) is 0. The first-order chi connectivity index (χ1) is 3.80. The van der Waals surface area contributed by atoms with Crippen molar-refractivity contribution in [2.75, 3.05) is 0 Å². The summed E-state index contributed by atoms with van der Waals surface area (Å²) < 4.78 is 12.1. The van der Waals surface area contributed by atoms with E-state index in [1.807, 2.05) is 0 Å². The third-order valence-electron chi connectivity index (χ3n) is 0.804. The molecule has 0 saturated heterocycles. The highest BCUT2D eigenvalue weighted by Gasteiger charge is 1.90. The van der Waals surface area contributed by atoms with Crippen LogP contribution in [0.1, 0.15) is 5.56 Å². The van der Waals surface area contributed by atoms with Crippen molar-refractivity contribution in [1.29, 1.82) is 0 Å². The molecular formula is C6H4FN. The van der Waals surface area contributed by atoms with Crippen LogP contribution in [0.4, 0.5) is 4.39 Å². The van der Waals surface area contributed by atoms with E-state index in [-0.39, 0.29) is 5.56 Å². The minimum absolute atomic E-state index is 0.139. The zero-order chi connectivity index (χ0) is 5.98. The predicted molar refractivity (Wildman–Crippen MR) is 27.6 cm³/mol. The minimum atomic E-state index is -0.465. The first-order valence-corrected chi connectivity index (χ1v) is 2.15. The first kappa shape index (κ1) is 5.22. The van der Waals surface area contributed by atoms with E-state index >= 15 is 0 Å². The SMILES string of the molecule is [CH]c1ccncc1F. The summed E-state index contributed by atoms with van der Waals surface area (Å²) >= 11 is 0. The van der Waals surface area contributed by atoms with Crippen LogP contribution in [0.25, 0.3) is 0 Å². The van der Waals surface area contributed by atoms with Crippen LogP contribution in [0.5, 0.6) is 0 Å². The molecule has 0 unspecified atom stereocenters. The molecule has 1 aromatic rings. The fourth-order valence-corrected chi connectivity index (χ4v) is 0.386. The van der Waals surface area contributed by atoms with Crippen molar-refractivity contribution in [2.24, 2.45) is 0 Å². The molecule has 40 valence electrons. The second-order valence-corrected chi connectivity index (χ2v) is 1.40. The Kier molecular flexibility index (Phi) is 1.24. The van der Waals surface area contributed by atoms with Gasteiger partial charge in [0, 0.05) is 13.1 Å². The summed E-state index contributed by atoms with van der Waals surface area (Å²) in [4.78, 5) is 3.49. The Bertz CT molecular complexity index is 165. The van der Waals surface area contributed by atoms with Crippen LogP contribution in [0, 0.1) is 12.7 Å². The van der Waals surface area contributed by atoms with E-state index in [0.717, 1.165) is 6.20 Å². The predicted octanol–water partition coefficient (Wildman–Crippen LogP) is 1.28. The first-order valence-electron chi connectivity index (χ1n) is 2.15. The molecule has 0 aliphatic rings. The van der Waals surface area contributed by atoms with Gasteiger partial charge in [-0.1, -0.05) is 0 Å². The van der Waals surface area contributed by atoms with Crippen molar-refractivity contribution in [3.05, 3.63) is 36.8 Å². The Morgan fingerprint density at radius 1 is 1.62 bits per heavy atom. The highest BCUT2D eigenvalue weighted by molar-refractivity contribution is 5.14. The summed E-state index contributed by atoms with van der Waals surface area (Å²) in [5.41, 5.74) is 0.139. The maximum absolute atomic E-state index is 12.1. The molecule has 2 radical (unpaired) electrons. The van der Waals surface area contributed by atoms with Crippen LogP contribution in [-0.2, 0) is 0 Å². The van der Waals surface area contributed by atoms with Crippen molar-refractivity contribution in [2.45, 2.75) is 0 Å². The quantitative estimate of drug-likeness (QED) is 0.489. The maximum Gasteiger partial charge on any atom is 0.144 e. The van der Waals surface area contributed by atoms with Gasteiger partial charge in [0.15, 0.2) is 0 Å². The van der Waals surface area contributed by atoms with Gasteiger partial charge in [0.1, 0.15) is 5.82 Å². The number of hydrogen-bond donors (Lipinski definition) is 0. The van der Waals surface area contributed by atoms with Crippen molar-refractivity contribution in [1.82, 2.24) is 4.98 Å². The van der Waals surface area contributed by atoms with Gasteiger partial charge in [0.05, 0.1) is 6.20 Å². The number of pyridine rings is 1. The third kappa shape index (κ3) is 0.832. The van der Waals surface area contributed by atoms with Crippen molar-refractivity contribution >= 4 is 0 Å². The van der Waals surface area contributed by atoms with Gasteiger partial charge in [-0.05, 0) is 11.6 Å². The normalized spacial score (nSPS) is 9.25. The largest absolute Gasteiger partial charge is 0.262 e. The molecule has 0 atom stereocenters. The van der Waals surface area contributed by atoms with E-state index in [0.29, 0.717) is 0 Å². The van der Waals surface area contributed by atoms with Crippen LogP contribution < -0.4 is 0 Å². The molecule has 0 amide bonds. The molecule has 2 heteroatoms. The number of halogens is 1. The molecule has 0 N–H and O–H groups in total. The lowest BCUT2D eigenvalue weighted by Gasteiger charge is -1.88. The lowest BCUT2D eigenvalue weighted by Crippen LogP contribution is -1.80. The molecule has 0 spiro atoms. The Hall–Kier alpha value is -0.920. The summed E-state index contributed by atoms with van der Waals surface area (Å²) in [5.74, 6) is -0.465. The Balaban J connectivity index is 3.13. The second kappa shape index (κ2) is 1.90. The fourth-order valence-electron chi connectivity index (χ4n) is 0.386. The van der Waals surface area contributed by atoms with E-state index in [1.165, 1.54) is 12.3 Å². The fraction of sp³-hybridized carbons (Fsp3) is 0. The van der Waals surface area contributed by atoms with Crippen molar-refractivity contribution in [3.63, 3.8) is 0 Å². The molecule has 0 aliphatic carbocycles. The van der Waals surface area contributed by atoms with Gasteiger partial charge >= 0.3 is 0 Å². The lowest BCUT2D eigenvalue weighted by atomic mass is 10.3. The van der Waals surface area contributed by atoms with Crippen LogP contribution in [0.2, 0.25) is 0 Å². The lowest BCUT2D eigenvalue weighted by molar-refractivity contribution is 0.616. The summed E-state index contributed by atoms with van der Waals surface area (Å²) in [6, 6.07) is 1.41. The zero-order valence-corrected chi connectivity index (χ0v) is 4.13. The molecule has 0 bridgehead atoms. The van der Waals surface area contributed by atoms with E-state index in [9.17, 15) is 4.39 Å². The molecule has 8 heavy (non-hydrogen) atoms.